The summed E-state index contributed by atoms with van der Waals surface area (Å²) in [6.45, 7) is 3.46. The summed E-state index contributed by atoms with van der Waals surface area (Å²) in [7, 11) is 0. The molecule has 4 rings (SSSR count). The molecule has 6 heteroatoms. The molecule has 1 atom stereocenters. The Morgan fingerprint density at radius 1 is 0.871 bits per heavy atom. The van der Waals surface area contributed by atoms with E-state index < -0.39 is 5.82 Å². The molecular formula is C25H29FN2O3. The highest BCUT2D eigenvalue weighted by Gasteiger charge is 2.25. The second kappa shape index (κ2) is 9.94. The number of carbonyl (C=O) groups excluding carboxylic acids is 2. The first-order valence-corrected chi connectivity index (χ1v) is 11.2. The summed E-state index contributed by atoms with van der Waals surface area (Å²) in [5.74, 6) is 0.504. The molecule has 2 aliphatic rings. The van der Waals surface area contributed by atoms with E-state index in [1.807, 2.05) is 29.2 Å². The van der Waals surface area contributed by atoms with Gasteiger partial charge in [-0.1, -0.05) is 6.07 Å². The van der Waals surface area contributed by atoms with Crippen LogP contribution in [-0.2, 0) is 0 Å². The van der Waals surface area contributed by atoms with Crippen LogP contribution < -0.4 is 4.74 Å². The molecule has 0 radical (unpaired) electrons. The second-order valence-electron chi connectivity index (χ2n) is 8.46. The van der Waals surface area contributed by atoms with E-state index in [1.54, 1.807) is 17.0 Å². The fraction of sp³-hybridized carbons (Fsp3) is 0.440. The maximum absolute atomic E-state index is 13.4. The molecule has 2 fully saturated rings. The van der Waals surface area contributed by atoms with Crippen LogP contribution in [0.1, 0.15) is 52.8 Å². The summed E-state index contributed by atoms with van der Waals surface area (Å²) in [6.07, 6.45) is 5.24. The Balaban J connectivity index is 1.29. The van der Waals surface area contributed by atoms with Crippen molar-refractivity contribution in [2.24, 2.45) is 5.92 Å². The molecule has 164 valence electrons. The molecule has 2 aliphatic heterocycles. The normalized spacial score (nSPS) is 19.2. The smallest absolute Gasteiger partial charge is 0.253 e. The lowest BCUT2D eigenvalue weighted by Gasteiger charge is -2.32. The lowest BCUT2D eigenvalue weighted by atomic mass is 9.98. The molecule has 31 heavy (non-hydrogen) atoms. The summed E-state index contributed by atoms with van der Waals surface area (Å²) in [4.78, 5) is 29.0. The molecule has 2 aromatic carbocycles. The van der Waals surface area contributed by atoms with Gasteiger partial charge in [-0.15, -0.1) is 0 Å². The number of likely N-dealkylation sites (tertiary alicyclic amines) is 2. The quantitative estimate of drug-likeness (QED) is 0.716. The molecule has 2 aromatic rings. The molecule has 0 unspecified atom stereocenters. The van der Waals surface area contributed by atoms with Crippen molar-refractivity contribution in [2.45, 2.75) is 32.1 Å². The number of nitrogens with zero attached hydrogens (tertiary/aromatic N) is 2. The Morgan fingerprint density at radius 2 is 1.58 bits per heavy atom. The van der Waals surface area contributed by atoms with E-state index >= 15 is 0 Å². The Kier molecular flexibility index (Phi) is 6.85. The van der Waals surface area contributed by atoms with E-state index in [4.69, 9.17) is 4.74 Å². The van der Waals surface area contributed by atoms with E-state index in [9.17, 15) is 14.0 Å². The third kappa shape index (κ3) is 5.43. The van der Waals surface area contributed by atoms with Crippen LogP contribution in [0.4, 0.5) is 4.39 Å². The molecule has 0 aliphatic carbocycles. The van der Waals surface area contributed by atoms with Crippen LogP contribution in [0.3, 0.4) is 0 Å². The van der Waals surface area contributed by atoms with E-state index in [1.165, 1.54) is 18.6 Å². The molecule has 0 spiro atoms. The monoisotopic (exact) mass is 424 g/mol. The van der Waals surface area contributed by atoms with Crippen LogP contribution in [0.25, 0.3) is 0 Å². The molecule has 5 nitrogen and oxygen atoms in total. The van der Waals surface area contributed by atoms with E-state index in [2.05, 4.69) is 0 Å². The van der Waals surface area contributed by atoms with Crippen LogP contribution in [0.15, 0.2) is 48.5 Å². The minimum absolute atomic E-state index is 0.0880. The van der Waals surface area contributed by atoms with Gasteiger partial charge in [0.1, 0.15) is 11.6 Å². The average Bonchev–Trinajstić information content (AvgIpc) is 2.83. The molecule has 2 heterocycles. The van der Waals surface area contributed by atoms with Gasteiger partial charge in [0.2, 0.25) is 0 Å². The van der Waals surface area contributed by atoms with Crippen molar-refractivity contribution in [3.05, 3.63) is 65.5 Å². The Morgan fingerprint density at radius 3 is 2.32 bits per heavy atom. The van der Waals surface area contributed by atoms with Crippen LogP contribution >= 0.6 is 0 Å². The van der Waals surface area contributed by atoms with Gasteiger partial charge in [-0.2, -0.15) is 0 Å². The minimum Gasteiger partial charge on any atom is -0.493 e. The molecule has 2 amide bonds. The number of benzene rings is 2. The van der Waals surface area contributed by atoms with Gasteiger partial charge in [0.25, 0.3) is 11.8 Å². The van der Waals surface area contributed by atoms with Crippen LogP contribution in [0.5, 0.6) is 5.75 Å². The number of piperidine rings is 2. The average molecular weight is 425 g/mol. The number of amides is 2. The van der Waals surface area contributed by atoms with E-state index in [0.717, 1.165) is 44.5 Å². The van der Waals surface area contributed by atoms with Gasteiger partial charge in [0.15, 0.2) is 0 Å². The standard InChI is InChI=1S/C25H29FN2O3/c26-22-8-4-7-21(16-22)25(30)28-15-5-6-19(17-28)18-31-23-11-9-20(10-12-23)24(29)27-13-2-1-3-14-27/h4,7-12,16,19H,1-3,5-6,13-15,17-18H2/t19-/m0/s1. The highest BCUT2D eigenvalue weighted by molar-refractivity contribution is 5.94. The van der Waals surface area contributed by atoms with Crippen molar-refractivity contribution in [1.29, 1.82) is 0 Å². The molecule has 0 N–H and O–H groups in total. The van der Waals surface area contributed by atoms with Crippen molar-refractivity contribution in [2.75, 3.05) is 32.8 Å². The van der Waals surface area contributed by atoms with Crippen molar-refractivity contribution in [3.8, 4) is 5.75 Å². The molecular weight excluding hydrogens is 395 g/mol. The van der Waals surface area contributed by atoms with Crippen molar-refractivity contribution >= 4 is 11.8 Å². The van der Waals surface area contributed by atoms with Crippen LogP contribution in [-0.4, -0.2) is 54.4 Å². The third-order valence-corrected chi connectivity index (χ3v) is 6.11. The lowest BCUT2D eigenvalue weighted by Crippen LogP contribution is -2.41. The van der Waals surface area contributed by atoms with Crippen molar-refractivity contribution < 1.29 is 18.7 Å². The molecule has 2 saturated heterocycles. The van der Waals surface area contributed by atoms with Gasteiger partial charge in [-0.05, 0) is 74.6 Å². The summed E-state index contributed by atoms with van der Waals surface area (Å²) in [5, 5.41) is 0. The maximum atomic E-state index is 13.4. The topological polar surface area (TPSA) is 49.9 Å². The number of carbonyl (C=O) groups is 2. The number of ether oxygens (including phenoxy) is 1. The summed E-state index contributed by atoms with van der Waals surface area (Å²) >= 11 is 0. The summed E-state index contributed by atoms with van der Waals surface area (Å²) in [5.41, 5.74) is 1.08. The zero-order chi connectivity index (χ0) is 21.6. The van der Waals surface area contributed by atoms with Crippen LogP contribution in [0, 0.1) is 11.7 Å². The predicted molar refractivity (Wildman–Crippen MR) is 117 cm³/mol. The van der Waals surface area contributed by atoms with Crippen LogP contribution in [0.2, 0.25) is 0 Å². The molecule has 0 aromatic heterocycles. The van der Waals surface area contributed by atoms with Crippen molar-refractivity contribution in [3.63, 3.8) is 0 Å². The molecule has 0 bridgehead atoms. The van der Waals surface area contributed by atoms with E-state index in [0.29, 0.717) is 30.8 Å². The zero-order valence-corrected chi connectivity index (χ0v) is 17.8. The van der Waals surface area contributed by atoms with Gasteiger partial charge >= 0.3 is 0 Å². The number of halogens is 1. The van der Waals surface area contributed by atoms with Gasteiger partial charge in [-0.3, -0.25) is 9.59 Å². The van der Waals surface area contributed by atoms with Gasteiger partial charge in [0.05, 0.1) is 6.61 Å². The third-order valence-electron chi connectivity index (χ3n) is 6.11. The highest BCUT2D eigenvalue weighted by atomic mass is 19.1. The Hall–Kier alpha value is -2.89. The fourth-order valence-corrected chi connectivity index (χ4v) is 4.38. The SMILES string of the molecule is O=C(c1ccc(OC[C@H]2CCCN(C(=O)c3cccc(F)c3)C2)cc1)N1CCCCC1. The van der Waals surface area contributed by atoms with Gasteiger partial charge in [0, 0.05) is 43.2 Å². The first kappa shape index (κ1) is 21.3. The Labute approximate surface area is 182 Å². The predicted octanol–water partition coefficient (Wildman–Crippen LogP) is 4.38. The van der Waals surface area contributed by atoms with Gasteiger partial charge < -0.3 is 14.5 Å². The minimum atomic E-state index is -0.398. The second-order valence-corrected chi connectivity index (χ2v) is 8.46. The van der Waals surface area contributed by atoms with Gasteiger partial charge in [-0.25, -0.2) is 4.39 Å². The number of hydrogen-bond donors (Lipinski definition) is 0. The number of hydrogen-bond acceptors (Lipinski definition) is 3. The van der Waals surface area contributed by atoms with E-state index in [-0.39, 0.29) is 17.7 Å². The largest absolute Gasteiger partial charge is 0.493 e. The highest BCUT2D eigenvalue weighted by Crippen LogP contribution is 2.22. The Bertz CT molecular complexity index is 909. The number of rotatable bonds is 5. The first-order valence-electron chi connectivity index (χ1n) is 11.2. The first-order chi connectivity index (χ1) is 15.1. The van der Waals surface area contributed by atoms with Crippen molar-refractivity contribution in [1.82, 2.24) is 9.80 Å². The molecule has 0 saturated carbocycles. The zero-order valence-electron chi connectivity index (χ0n) is 17.8. The fourth-order valence-electron chi connectivity index (χ4n) is 4.38. The summed E-state index contributed by atoms with van der Waals surface area (Å²) < 4.78 is 19.4. The summed E-state index contributed by atoms with van der Waals surface area (Å²) in [6, 6.07) is 13.2. The maximum Gasteiger partial charge on any atom is 0.253 e. The lowest BCUT2D eigenvalue weighted by molar-refractivity contribution is 0.0632.